The predicted octanol–water partition coefficient (Wildman–Crippen LogP) is 4.95. The Morgan fingerprint density at radius 2 is 1.73 bits per heavy atom. The topological polar surface area (TPSA) is 49.4 Å². The molecule has 5 heteroatoms. The third-order valence-electron chi connectivity index (χ3n) is 5.15. The van der Waals surface area contributed by atoms with Gasteiger partial charge in [0.25, 0.3) is 0 Å². The molecule has 0 heterocycles. The zero-order valence-corrected chi connectivity index (χ0v) is 19.2. The van der Waals surface area contributed by atoms with Gasteiger partial charge in [-0.1, -0.05) is 74.9 Å². The molecule has 0 radical (unpaired) electrons. The van der Waals surface area contributed by atoms with E-state index in [1.54, 1.807) is 16.7 Å². The number of thioether (sulfide) groups is 1. The second kappa shape index (κ2) is 13.1. The van der Waals surface area contributed by atoms with Crippen molar-refractivity contribution in [3.63, 3.8) is 0 Å². The molecule has 0 aliphatic heterocycles. The van der Waals surface area contributed by atoms with Gasteiger partial charge in [0.05, 0.1) is 5.75 Å². The molecule has 1 N–H and O–H groups in total. The van der Waals surface area contributed by atoms with Crippen molar-refractivity contribution in [3.05, 3.63) is 71.3 Å². The number of hydrogen-bond donors (Lipinski definition) is 1. The van der Waals surface area contributed by atoms with Crippen LogP contribution in [0.4, 0.5) is 0 Å². The van der Waals surface area contributed by atoms with Gasteiger partial charge in [0.1, 0.15) is 6.04 Å². The molecule has 0 aliphatic rings. The quantitative estimate of drug-likeness (QED) is 0.489. The number of hydrogen-bond acceptors (Lipinski definition) is 3. The highest BCUT2D eigenvalue weighted by molar-refractivity contribution is 7.99. The maximum atomic E-state index is 13.2. The lowest BCUT2D eigenvalue weighted by Gasteiger charge is -2.31. The van der Waals surface area contributed by atoms with Crippen LogP contribution < -0.4 is 5.32 Å². The minimum absolute atomic E-state index is 0.0108. The average Bonchev–Trinajstić information content (AvgIpc) is 2.75. The van der Waals surface area contributed by atoms with E-state index >= 15 is 0 Å². The number of rotatable bonds is 12. The van der Waals surface area contributed by atoms with Crippen molar-refractivity contribution in [1.29, 1.82) is 0 Å². The van der Waals surface area contributed by atoms with Crippen LogP contribution in [-0.4, -0.2) is 35.1 Å². The van der Waals surface area contributed by atoms with E-state index in [9.17, 15) is 9.59 Å². The van der Waals surface area contributed by atoms with Crippen molar-refractivity contribution in [1.82, 2.24) is 10.2 Å². The molecule has 2 aromatic carbocycles. The molecule has 0 fully saturated rings. The first-order valence-electron chi connectivity index (χ1n) is 10.8. The fourth-order valence-corrected chi connectivity index (χ4v) is 4.18. The molecule has 0 bridgehead atoms. The van der Waals surface area contributed by atoms with Gasteiger partial charge in [0.2, 0.25) is 11.8 Å². The molecule has 1 unspecified atom stereocenters. The lowest BCUT2D eigenvalue weighted by atomic mass is 10.1. The summed E-state index contributed by atoms with van der Waals surface area (Å²) in [5, 5.41) is 3.01. The van der Waals surface area contributed by atoms with E-state index in [4.69, 9.17) is 0 Å². The molecule has 162 valence electrons. The highest BCUT2D eigenvalue weighted by Gasteiger charge is 2.28. The molecule has 30 heavy (non-hydrogen) atoms. The number of amides is 2. The molecule has 0 saturated carbocycles. The van der Waals surface area contributed by atoms with E-state index in [-0.39, 0.29) is 11.8 Å². The van der Waals surface area contributed by atoms with Gasteiger partial charge in [-0.15, -0.1) is 11.8 Å². The molecule has 0 spiro atoms. The summed E-state index contributed by atoms with van der Waals surface area (Å²) in [6, 6.07) is 17.8. The summed E-state index contributed by atoms with van der Waals surface area (Å²) in [7, 11) is 0. The Hall–Kier alpha value is -2.27. The van der Waals surface area contributed by atoms with E-state index < -0.39 is 6.04 Å². The van der Waals surface area contributed by atoms with Crippen molar-refractivity contribution >= 4 is 23.6 Å². The Bertz CT molecular complexity index is 795. The SMILES string of the molecule is CCCCNC(=O)C(CC)N(Cc1ccccc1C)C(=O)CSCc1ccccc1. The number of carbonyl (C=O) groups is 2. The molecular formula is C25H34N2O2S. The maximum Gasteiger partial charge on any atom is 0.242 e. The first-order valence-corrected chi connectivity index (χ1v) is 12.0. The summed E-state index contributed by atoms with van der Waals surface area (Å²) in [6.45, 7) is 7.23. The lowest BCUT2D eigenvalue weighted by molar-refractivity contribution is -0.139. The third kappa shape index (κ3) is 7.52. The highest BCUT2D eigenvalue weighted by atomic mass is 32.2. The minimum Gasteiger partial charge on any atom is -0.354 e. The Balaban J connectivity index is 2.11. The van der Waals surface area contributed by atoms with Crippen LogP contribution in [0.2, 0.25) is 0 Å². The lowest BCUT2D eigenvalue weighted by Crippen LogP contribution is -2.49. The van der Waals surface area contributed by atoms with Crippen molar-refractivity contribution in [2.75, 3.05) is 12.3 Å². The molecule has 0 aromatic heterocycles. The molecule has 4 nitrogen and oxygen atoms in total. The van der Waals surface area contributed by atoms with E-state index in [2.05, 4.69) is 24.4 Å². The first-order chi connectivity index (χ1) is 14.6. The highest BCUT2D eigenvalue weighted by Crippen LogP contribution is 2.18. The summed E-state index contributed by atoms with van der Waals surface area (Å²) in [5.74, 6) is 1.10. The van der Waals surface area contributed by atoms with Crippen LogP contribution in [-0.2, 0) is 21.9 Å². The zero-order chi connectivity index (χ0) is 21.8. The minimum atomic E-state index is -0.453. The summed E-state index contributed by atoms with van der Waals surface area (Å²) in [6.07, 6.45) is 2.57. The molecule has 2 rings (SSSR count). The Morgan fingerprint density at radius 3 is 2.40 bits per heavy atom. The Morgan fingerprint density at radius 1 is 1.03 bits per heavy atom. The number of nitrogens with one attached hydrogen (secondary N) is 1. The second-order valence-corrected chi connectivity index (χ2v) is 8.48. The van der Waals surface area contributed by atoms with Gasteiger partial charge in [0, 0.05) is 18.8 Å². The smallest absolute Gasteiger partial charge is 0.242 e. The number of carbonyl (C=O) groups excluding carboxylic acids is 2. The summed E-state index contributed by atoms with van der Waals surface area (Å²) in [5.41, 5.74) is 3.41. The fourth-order valence-electron chi connectivity index (χ4n) is 3.31. The van der Waals surface area contributed by atoms with Crippen LogP contribution >= 0.6 is 11.8 Å². The second-order valence-electron chi connectivity index (χ2n) is 7.50. The van der Waals surface area contributed by atoms with Crippen LogP contribution in [0.5, 0.6) is 0 Å². The molecule has 1 atom stereocenters. The van der Waals surface area contributed by atoms with Crippen LogP contribution in [0.25, 0.3) is 0 Å². The third-order valence-corrected chi connectivity index (χ3v) is 6.14. The van der Waals surface area contributed by atoms with E-state index in [1.165, 1.54) is 5.56 Å². The van der Waals surface area contributed by atoms with Gasteiger partial charge in [-0.3, -0.25) is 9.59 Å². The van der Waals surface area contributed by atoms with Gasteiger partial charge in [-0.2, -0.15) is 0 Å². The monoisotopic (exact) mass is 426 g/mol. The van der Waals surface area contributed by atoms with Crippen molar-refractivity contribution < 1.29 is 9.59 Å². The molecule has 2 aromatic rings. The number of aryl methyl sites for hydroxylation is 1. The number of nitrogens with zero attached hydrogens (tertiary/aromatic N) is 1. The molecular weight excluding hydrogens is 392 g/mol. The average molecular weight is 427 g/mol. The van der Waals surface area contributed by atoms with Crippen LogP contribution in [0.1, 0.15) is 49.8 Å². The van der Waals surface area contributed by atoms with E-state index in [1.807, 2.05) is 56.3 Å². The summed E-state index contributed by atoms with van der Waals surface area (Å²) >= 11 is 1.60. The van der Waals surface area contributed by atoms with Gasteiger partial charge in [-0.25, -0.2) is 0 Å². The van der Waals surface area contributed by atoms with Gasteiger partial charge >= 0.3 is 0 Å². The predicted molar refractivity (Wildman–Crippen MR) is 126 cm³/mol. The molecule has 0 aliphatic carbocycles. The first kappa shape index (κ1) is 24.0. The van der Waals surface area contributed by atoms with E-state index in [0.717, 1.165) is 29.7 Å². The van der Waals surface area contributed by atoms with Gasteiger partial charge in [0.15, 0.2) is 0 Å². The maximum absolute atomic E-state index is 13.2. The Kier molecular flexibility index (Phi) is 10.5. The zero-order valence-electron chi connectivity index (χ0n) is 18.4. The van der Waals surface area contributed by atoms with Gasteiger partial charge < -0.3 is 10.2 Å². The van der Waals surface area contributed by atoms with Crippen LogP contribution in [0.15, 0.2) is 54.6 Å². The largest absolute Gasteiger partial charge is 0.354 e. The van der Waals surface area contributed by atoms with Crippen LogP contribution in [0, 0.1) is 6.92 Å². The van der Waals surface area contributed by atoms with Crippen molar-refractivity contribution in [2.24, 2.45) is 0 Å². The molecule has 2 amide bonds. The summed E-state index contributed by atoms with van der Waals surface area (Å²) < 4.78 is 0. The van der Waals surface area contributed by atoms with Gasteiger partial charge in [-0.05, 0) is 36.5 Å². The van der Waals surface area contributed by atoms with Crippen molar-refractivity contribution in [3.8, 4) is 0 Å². The van der Waals surface area contributed by atoms with Crippen molar-refractivity contribution in [2.45, 2.75) is 58.4 Å². The summed E-state index contributed by atoms with van der Waals surface area (Å²) in [4.78, 5) is 27.8. The number of unbranched alkanes of at least 4 members (excludes halogenated alkanes) is 1. The fraction of sp³-hybridized carbons (Fsp3) is 0.440. The normalized spacial score (nSPS) is 11.7. The Labute approximate surface area is 185 Å². The molecule has 0 saturated heterocycles. The van der Waals surface area contributed by atoms with Crippen LogP contribution in [0.3, 0.4) is 0 Å². The van der Waals surface area contributed by atoms with E-state index in [0.29, 0.717) is 25.3 Å². The standard InChI is InChI=1S/C25H34N2O2S/c1-4-6-16-26-25(29)23(5-2)27(17-22-15-11-10-12-20(22)3)24(28)19-30-18-21-13-8-7-9-14-21/h7-15,23H,4-6,16-19H2,1-3H3,(H,26,29). The number of benzene rings is 2.